The lowest BCUT2D eigenvalue weighted by atomic mass is 10.2. The molecule has 1 N–H and O–H groups in total. The Morgan fingerprint density at radius 3 is 2.50 bits per heavy atom. The first-order valence-corrected chi connectivity index (χ1v) is 5.71. The average Bonchev–Trinajstić information content (AvgIpc) is 2.62. The van der Waals surface area contributed by atoms with Gasteiger partial charge in [0.05, 0.1) is 11.8 Å². The Kier molecular flexibility index (Phi) is 4.11. The molecule has 0 bridgehead atoms. The van der Waals surface area contributed by atoms with Crippen LogP contribution in [0.25, 0.3) is 0 Å². The van der Waals surface area contributed by atoms with E-state index < -0.39 is 17.6 Å². The Morgan fingerprint density at radius 1 is 1.44 bits per heavy atom. The quantitative estimate of drug-likeness (QED) is 0.812. The van der Waals surface area contributed by atoms with E-state index in [1.54, 1.807) is 40.9 Å². The van der Waals surface area contributed by atoms with Crippen molar-refractivity contribution < 1.29 is 14.3 Å². The summed E-state index contributed by atoms with van der Waals surface area (Å²) in [5, 5.41) is 6.45. The van der Waals surface area contributed by atoms with Gasteiger partial charge in [-0.05, 0) is 27.7 Å². The minimum atomic E-state index is -0.697. The molecule has 0 fully saturated rings. The second-order valence-electron chi connectivity index (χ2n) is 5.13. The number of ether oxygens (including phenoxy) is 1. The number of carbonyl (C=O) groups is 2. The summed E-state index contributed by atoms with van der Waals surface area (Å²) >= 11 is 0. The minimum absolute atomic E-state index is 0.346. The molecule has 6 nitrogen and oxygen atoms in total. The molecule has 100 valence electrons. The van der Waals surface area contributed by atoms with Crippen molar-refractivity contribution in [3.05, 3.63) is 18.0 Å². The molecule has 1 atom stereocenters. The number of esters is 1. The number of hydrogen-bond acceptors (Lipinski definition) is 4. The fourth-order valence-corrected chi connectivity index (χ4v) is 1.27. The zero-order valence-electron chi connectivity index (χ0n) is 11.4. The van der Waals surface area contributed by atoms with Crippen LogP contribution in [-0.2, 0) is 16.6 Å². The van der Waals surface area contributed by atoms with Crippen LogP contribution in [0.4, 0.5) is 0 Å². The van der Waals surface area contributed by atoms with Gasteiger partial charge in [0.1, 0.15) is 11.6 Å². The van der Waals surface area contributed by atoms with E-state index in [0.717, 1.165) is 0 Å². The first-order chi connectivity index (χ1) is 8.19. The molecule has 18 heavy (non-hydrogen) atoms. The van der Waals surface area contributed by atoms with Gasteiger partial charge in [-0.1, -0.05) is 0 Å². The molecule has 6 heteroatoms. The minimum Gasteiger partial charge on any atom is -0.458 e. The second-order valence-corrected chi connectivity index (χ2v) is 5.13. The van der Waals surface area contributed by atoms with Crippen LogP contribution < -0.4 is 5.32 Å². The molecule has 0 aliphatic heterocycles. The van der Waals surface area contributed by atoms with E-state index in [0.29, 0.717) is 5.56 Å². The SMILES string of the molecule is C[C@@H](NC(=O)c1cnn(C)c1)C(=O)OC(C)(C)C. The number of amides is 1. The van der Waals surface area contributed by atoms with E-state index in [1.807, 2.05) is 0 Å². The third-order valence-corrected chi connectivity index (χ3v) is 2.07. The van der Waals surface area contributed by atoms with Gasteiger partial charge < -0.3 is 10.1 Å². The predicted octanol–water partition coefficient (Wildman–Crippen LogP) is 0.880. The van der Waals surface area contributed by atoms with Gasteiger partial charge in [-0.15, -0.1) is 0 Å². The first-order valence-electron chi connectivity index (χ1n) is 5.71. The van der Waals surface area contributed by atoms with Crippen molar-refractivity contribution >= 4 is 11.9 Å². The van der Waals surface area contributed by atoms with Crippen molar-refractivity contribution in [2.24, 2.45) is 7.05 Å². The normalized spacial score (nSPS) is 12.9. The Bertz CT molecular complexity index is 446. The van der Waals surface area contributed by atoms with E-state index in [2.05, 4.69) is 10.4 Å². The van der Waals surface area contributed by atoms with Gasteiger partial charge in [0, 0.05) is 13.2 Å². The molecule has 1 aromatic rings. The van der Waals surface area contributed by atoms with Gasteiger partial charge in [-0.3, -0.25) is 9.48 Å². The molecule has 0 radical (unpaired) electrons. The van der Waals surface area contributed by atoms with Crippen LogP contribution in [0.5, 0.6) is 0 Å². The van der Waals surface area contributed by atoms with E-state index in [9.17, 15) is 9.59 Å². The number of hydrogen-bond donors (Lipinski definition) is 1. The molecule has 1 heterocycles. The molecule has 1 rings (SSSR count). The number of nitrogens with one attached hydrogen (secondary N) is 1. The smallest absolute Gasteiger partial charge is 0.328 e. The van der Waals surface area contributed by atoms with Crippen molar-refractivity contribution in [2.45, 2.75) is 39.3 Å². The molecule has 0 aliphatic rings. The average molecular weight is 253 g/mol. The zero-order chi connectivity index (χ0) is 13.9. The third kappa shape index (κ3) is 4.20. The number of nitrogens with zero attached hydrogens (tertiary/aromatic N) is 2. The highest BCUT2D eigenvalue weighted by Gasteiger charge is 2.23. The van der Waals surface area contributed by atoms with Crippen molar-refractivity contribution in [1.29, 1.82) is 0 Å². The fourth-order valence-electron chi connectivity index (χ4n) is 1.27. The molecule has 0 spiro atoms. The number of aryl methyl sites for hydroxylation is 1. The largest absolute Gasteiger partial charge is 0.458 e. The molecule has 1 aromatic heterocycles. The Morgan fingerprint density at radius 2 is 2.06 bits per heavy atom. The Hall–Kier alpha value is -1.85. The fraction of sp³-hybridized carbons (Fsp3) is 0.583. The van der Waals surface area contributed by atoms with Gasteiger partial charge in [-0.2, -0.15) is 5.10 Å². The van der Waals surface area contributed by atoms with Crippen molar-refractivity contribution in [1.82, 2.24) is 15.1 Å². The van der Waals surface area contributed by atoms with Crippen LogP contribution in [0, 0.1) is 0 Å². The van der Waals surface area contributed by atoms with Gasteiger partial charge in [-0.25, -0.2) is 4.79 Å². The summed E-state index contributed by atoms with van der Waals surface area (Å²) < 4.78 is 6.69. The summed E-state index contributed by atoms with van der Waals surface area (Å²) in [4.78, 5) is 23.4. The standard InChI is InChI=1S/C12H19N3O3/c1-8(11(17)18-12(2,3)4)14-10(16)9-6-13-15(5)7-9/h6-8H,1-5H3,(H,14,16)/t8-/m1/s1. The molecule has 0 saturated carbocycles. The van der Waals surface area contributed by atoms with E-state index >= 15 is 0 Å². The lowest BCUT2D eigenvalue weighted by Crippen LogP contribution is -2.42. The van der Waals surface area contributed by atoms with Crippen molar-refractivity contribution in [2.75, 3.05) is 0 Å². The Labute approximate surface area is 106 Å². The van der Waals surface area contributed by atoms with Gasteiger partial charge in [0.2, 0.25) is 0 Å². The first kappa shape index (κ1) is 14.2. The van der Waals surface area contributed by atoms with Gasteiger partial charge in [0.25, 0.3) is 5.91 Å². The van der Waals surface area contributed by atoms with Gasteiger partial charge >= 0.3 is 5.97 Å². The molecule has 0 saturated heterocycles. The summed E-state index contributed by atoms with van der Waals surface area (Å²) in [6.07, 6.45) is 3.02. The lowest BCUT2D eigenvalue weighted by Gasteiger charge is -2.22. The molecule has 0 aliphatic carbocycles. The molecule has 0 aromatic carbocycles. The van der Waals surface area contributed by atoms with E-state index in [-0.39, 0.29) is 5.91 Å². The maximum atomic E-state index is 11.8. The molecule has 0 unspecified atom stereocenters. The maximum absolute atomic E-state index is 11.8. The van der Waals surface area contributed by atoms with Gasteiger partial charge in [0.15, 0.2) is 0 Å². The van der Waals surface area contributed by atoms with E-state index in [4.69, 9.17) is 4.74 Å². The van der Waals surface area contributed by atoms with Crippen LogP contribution in [-0.4, -0.2) is 33.3 Å². The predicted molar refractivity (Wildman–Crippen MR) is 66.0 cm³/mol. The summed E-state index contributed by atoms with van der Waals surface area (Å²) in [5.41, 5.74) is -0.155. The van der Waals surface area contributed by atoms with Crippen LogP contribution in [0.1, 0.15) is 38.1 Å². The van der Waals surface area contributed by atoms with Crippen LogP contribution >= 0.6 is 0 Å². The van der Waals surface area contributed by atoms with Crippen LogP contribution in [0.15, 0.2) is 12.4 Å². The van der Waals surface area contributed by atoms with Crippen LogP contribution in [0.2, 0.25) is 0 Å². The highest BCUT2D eigenvalue weighted by atomic mass is 16.6. The number of carbonyl (C=O) groups excluding carboxylic acids is 2. The summed E-state index contributed by atoms with van der Waals surface area (Å²) in [6.45, 7) is 6.92. The summed E-state index contributed by atoms with van der Waals surface area (Å²) in [7, 11) is 1.72. The Balaban J connectivity index is 2.57. The zero-order valence-corrected chi connectivity index (χ0v) is 11.4. The summed E-state index contributed by atoms with van der Waals surface area (Å²) in [6, 6.07) is -0.697. The third-order valence-electron chi connectivity index (χ3n) is 2.07. The number of rotatable bonds is 3. The topological polar surface area (TPSA) is 73.2 Å². The highest BCUT2D eigenvalue weighted by Crippen LogP contribution is 2.08. The van der Waals surface area contributed by atoms with E-state index in [1.165, 1.54) is 10.9 Å². The highest BCUT2D eigenvalue weighted by molar-refractivity contribution is 5.96. The van der Waals surface area contributed by atoms with Crippen molar-refractivity contribution in [3.8, 4) is 0 Å². The number of aromatic nitrogens is 2. The lowest BCUT2D eigenvalue weighted by molar-refractivity contribution is -0.156. The maximum Gasteiger partial charge on any atom is 0.328 e. The van der Waals surface area contributed by atoms with Crippen LogP contribution in [0.3, 0.4) is 0 Å². The summed E-state index contributed by atoms with van der Waals surface area (Å²) in [5.74, 6) is -0.804. The second kappa shape index (κ2) is 5.20. The molecule has 1 amide bonds. The molecular formula is C12H19N3O3. The molecular weight excluding hydrogens is 234 g/mol. The monoisotopic (exact) mass is 253 g/mol. The van der Waals surface area contributed by atoms with Crippen molar-refractivity contribution in [3.63, 3.8) is 0 Å².